The third kappa shape index (κ3) is 1.56. The van der Waals surface area contributed by atoms with Crippen LogP contribution in [-0.2, 0) is 9.53 Å². The maximum Gasteiger partial charge on any atom is 0.420 e. The number of rotatable bonds is 2. The van der Waals surface area contributed by atoms with Crippen molar-refractivity contribution in [2.75, 3.05) is 6.61 Å². The molecule has 2 rings (SSSR count). The first-order chi connectivity index (χ1) is 6.40. The Morgan fingerprint density at radius 1 is 1.38 bits per heavy atom. The lowest BCUT2D eigenvalue weighted by Gasteiger charge is -2.23. The molecule has 1 unspecified atom stereocenters. The van der Waals surface area contributed by atoms with Gasteiger partial charge in [0.15, 0.2) is 18.1 Å². The molecule has 0 saturated carbocycles. The van der Waals surface area contributed by atoms with Crippen LogP contribution in [0.1, 0.15) is 0 Å². The molecule has 0 fully saturated rings. The second-order valence-electron chi connectivity index (χ2n) is 2.51. The maximum absolute atomic E-state index is 9.90. The van der Waals surface area contributed by atoms with Crippen molar-refractivity contribution in [2.24, 2.45) is 0 Å². The van der Waals surface area contributed by atoms with Crippen LogP contribution in [0.4, 0.5) is 0 Å². The maximum atomic E-state index is 9.90. The Labute approximate surface area is 75.0 Å². The monoisotopic (exact) mass is 179 g/mol. The van der Waals surface area contributed by atoms with Gasteiger partial charge < -0.3 is 14.2 Å². The van der Waals surface area contributed by atoms with Crippen LogP contribution in [0, 0.1) is 0 Å². The quantitative estimate of drug-likeness (QED) is 0.675. The SMILES string of the molecule is O=[C]OC1COc2ccccc2O1. The Balaban J connectivity index is 2.15. The topological polar surface area (TPSA) is 44.8 Å². The standard InChI is InChI=1S/C9H7O4/c10-6-12-9-5-11-7-3-1-2-4-8(7)13-9/h1-4,9H,5H2. The zero-order chi connectivity index (χ0) is 9.10. The molecule has 1 aromatic carbocycles. The van der Waals surface area contributed by atoms with Gasteiger partial charge in [0.05, 0.1) is 0 Å². The summed E-state index contributed by atoms with van der Waals surface area (Å²) in [5, 5.41) is 0. The summed E-state index contributed by atoms with van der Waals surface area (Å²) in [5.74, 6) is 1.24. The number of para-hydroxylation sites is 2. The zero-order valence-corrected chi connectivity index (χ0v) is 6.73. The lowest BCUT2D eigenvalue weighted by atomic mass is 10.3. The van der Waals surface area contributed by atoms with E-state index in [0.717, 1.165) is 0 Å². The summed E-state index contributed by atoms with van der Waals surface area (Å²) in [5.41, 5.74) is 0. The number of hydrogen-bond acceptors (Lipinski definition) is 4. The highest BCUT2D eigenvalue weighted by Crippen LogP contribution is 2.30. The molecule has 4 nitrogen and oxygen atoms in total. The highest BCUT2D eigenvalue weighted by atomic mass is 16.7. The first-order valence-corrected chi connectivity index (χ1v) is 3.81. The fourth-order valence-corrected chi connectivity index (χ4v) is 1.11. The van der Waals surface area contributed by atoms with E-state index in [1.165, 1.54) is 6.47 Å². The molecule has 1 aliphatic rings. The predicted octanol–water partition coefficient (Wildman–Crippen LogP) is 0.868. The summed E-state index contributed by atoms with van der Waals surface area (Å²) in [4.78, 5) is 9.90. The third-order valence-electron chi connectivity index (χ3n) is 1.66. The number of carbonyl (C=O) groups excluding carboxylic acids is 1. The molecule has 0 aromatic heterocycles. The molecule has 1 aliphatic heterocycles. The molecule has 0 bridgehead atoms. The van der Waals surface area contributed by atoms with Crippen molar-refractivity contribution in [3.8, 4) is 11.5 Å². The van der Waals surface area contributed by atoms with Crippen LogP contribution in [0.15, 0.2) is 24.3 Å². The van der Waals surface area contributed by atoms with Gasteiger partial charge in [0, 0.05) is 0 Å². The molecule has 67 valence electrons. The first kappa shape index (κ1) is 7.91. The smallest absolute Gasteiger partial charge is 0.420 e. The lowest BCUT2D eigenvalue weighted by Crippen LogP contribution is -2.31. The van der Waals surface area contributed by atoms with Gasteiger partial charge in [-0.1, -0.05) is 12.1 Å². The van der Waals surface area contributed by atoms with Gasteiger partial charge in [0.2, 0.25) is 0 Å². The second-order valence-corrected chi connectivity index (χ2v) is 2.51. The average Bonchev–Trinajstić information content (AvgIpc) is 2.18. The molecule has 0 spiro atoms. The molecule has 1 aromatic rings. The van der Waals surface area contributed by atoms with Crippen LogP contribution in [0.2, 0.25) is 0 Å². The van der Waals surface area contributed by atoms with Gasteiger partial charge in [0.1, 0.15) is 0 Å². The highest BCUT2D eigenvalue weighted by molar-refractivity contribution is 5.42. The van der Waals surface area contributed by atoms with Gasteiger partial charge >= 0.3 is 6.47 Å². The molecule has 1 radical (unpaired) electrons. The predicted molar refractivity (Wildman–Crippen MR) is 43.1 cm³/mol. The second kappa shape index (κ2) is 3.35. The van der Waals surface area contributed by atoms with Crippen molar-refractivity contribution in [1.82, 2.24) is 0 Å². The summed E-state index contributed by atoms with van der Waals surface area (Å²) in [6.45, 7) is 1.51. The van der Waals surface area contributed by atoms with E-state index in [-0.39, 0.29) is 6.61 Å². The van der Waals surface area contributed by atoms with Crippen LogP contribution in [0.5, 0.6) is 11.5 Å². The minimum atomic E-state index is -0.688. The van der Waals surface area contributed by atoms with E-state index in [2.05, 4.69) is 4.74 Å². The van der Waals surface area contributed by atoms with Crippen LogP contribution >= 0.6 is 0 Å². The van der Waals surface area contributed by atoms with E-state index in [4.69, 9.17) is 9.47 Å². The molecule has 1 heterocycles. The zero-order valence-electron chi connectivity index (χ0n) is 6.73. The van der Waals surface area contributed by atoms with Crippen LogP contribution in [0.25, 0.3) is 0 Å². The summed E-state index contributed by atoms with van der Waals surface area (Å²) < 4.78 is 15.0. The molecular weight excluding hydrogens is 172 g/mol. The normalized spacial score (nSPS) is 19.2. The van der Waals surface area contributed by atoms with E-state index < -0.39 is 6.29 Å². The van der Waals surface area contributed by atoms with Crippen LogP contribution < -0.4 is 9.47 Å². The Kier molecular flexibility index (Phi) is 2.04. The van der Waals surface area contributed by atoms with Crippen molar-refractivity contribution in [3.63, 3.8) is 0 Å². The Morgan fingerprint density at radius 2 is 2.15 bits per heavy atom. The Morgan fingerprint density at radius 3 is 2.92 bits per heavy atom. The molecule has 0 N–H and O–H groups in total. The Hall–Kier alpha value is -1.71. The molecule has 0 saturated heterocycles. The lowest BCUT2D eigenvalue weighted by molar-refractivity contribution is -0.0576. The third-order valence-corrected chi connectivity index (χ3v) is 1.66. The molecular formula is C9H7O4. The molecule has 0 amide bonds. The van der Waals surface area contributed by atoms with E-state index in [1.807, 2.05) is 12.1 Å². The minimum Gasteiger partial charge on any atom is -0.482 e. The molecule has 0 aliphatic carbocycles. The summed E-state index contributed by atoms with van der Waals surface area (Å²) >= 11 is 0. The summed E-state index contributed by atoms with van der Waals surface area (Å²) in [6.07, 6.45) is -0.688. The van der Waals surface area contributed by atoms with Crippen molar-refractivity contribution >= 4 is 6.47 Å². The number of hydrogen-bond donors (Lipinski definition) is 0. The van der Waals surface area contributed by atoms with E-state index in [0.29, 0.717) is 11.5 Å². The summed E-state index contributed by atoms with van der Waals surface area (Å²) in [6, 6.07) is 7.19. The Bertz CT molecular complexity index is 310. The van der Waals surface area contributed by atoms with Crippen molar-refractivity contribution in [3.05, 3.63) is 24.3 Å². The fourth-order valence-electron chi connectivity index (χ4n) is 1.11. The number of benzene rings is 1. The molecule has 13 heavy (non-hydrogen) atoms. The number of ether oxygens (including phenoxy) is 3. The first-order valence-electron chi connectivity index (χ1n) is 3.81. The number of fused-ring (bicyclic) bond motifs is 1. The van der Waals surface area contributed by atoms with Gasteiger partial charge in [-0.25, -0.2) is 4.79 Å². The fraction of sp³-hybridized carbons (Fsp3) is 0.222. The van der Waals surface area contributed by atoms with Crippen molar-refractivity contribution in [1.29, 1.82) is 0 Å². The minimum absolute atomic E-state index is 0.201. The summed E-state index contributed by atoms with van der Waals surface area (Å²) in [7, 11) is 0. The van der Waals surface area contributed by atoms with E-state index >= 15 is 0 Å². The van der Waals surface area contributed by atoms with Crippen molar-refractivity contribution in [2.45, 2.75) is 6.29 Å². The molecule has 1 atom stereocenters. The highest BCUT2D eigenvalue weighted by Gasteiger charge is 2.21. The average molecular weight is 179 g/mol. The molecule has 4 heteroatoms. The van der Waals surface area contributed by atoms with Gasteiger partial charge in [-0.05, 0) is 12.1 Å². The van der Waals surface area contributed by atoms with Crippen LogP contribution in [0.3, 0.4) is 0 Å². The van der Waals surface area contributed by atoms with Gasteiger partial charge in [-0.2, -0.15) is 0 Å². The van der Waals surface area contributed by atoms with Crippen molar-refractivity contribution < 1.29 is 19.0 Å². The van der Waals surface area contributed by atoms with Crippen LogP contribution in [-0.4, -0.2) is 19.4 Å². The van der Waals surface area contributed by atoms with Gasteiger partial charge in [0.25, 0.3) is 6.29 Å². The van der Waals surface area contributed by atoms with E-state index in [1.54, 1.807) is 12.1 Å². The van der Waals surface area contributed by atoms with E-state index in [9.17, 15) is 4.79 Å². The van der Waals surface area contributed by atoms with Gasteiger partial charge in [-0.15, -0.1) is 0 Å². The largest absolute Gasteiger partial charge is 0.482 e. The van der Waals surface area contributed by atoms with Gasteiger partial charge in [-0.3, -0.25) is 0 Å².